The Kier molecular flexibility index (Phi) is 7.12. The summed E-state index contributed by atoms with van der Waals surface area (Å²) in [7, 11) is -0.633. The second kappa shape index (κ2) is 8.80. The van der Waals surface area contributed by atoms with Crippen LogP contribution in [0.25, 0.3) is 6.08 Å². The fourth-order valence-electron chi connectivity index (χ4n) is 2.67. The molecule has 1 N–H and O–H groups in total. The largest absolute Gasteiger partial charge is 0.491 e. The van der Waals surface area contributed by atoms with Crippen molar-refractivity contribution >= 4 is 36.0 Å². The third-order valence-corrected chi connectivity index (χ3v) is 5.92. The fraction of sp³-hybridized carbons (Fsp3) is 0.500. The van der Waals surface area contributed by atoms with Crippen LogP contribution >= 0.6 is 11.8 Å². The summed E-state index contributed by atoms with van der Waals surface area (Å²) in [5.74, 6) is -1.05. The van der Waals surface area contributed by atoms with Crippen molar-refractivity contribution in [3.8, 4) is 0 Å². The third kappa shape index (κ3) is 5.69. The van der Waals surface area contributed by atoms with Crippen molar-refractivity contribution in [2.45, 2.75) is 58.7 Å². The predicted octanol–water partition coefficient (Wildman–Crippen LogP) is 4.14. The topological polar surface area (TPSA) is 72.8 Å². The van der Waals surface area contributed by atoms with Crippen LogP contribution in [0.3, 0.4) is 0 Å². The molecule has 1 aromatic rings. The number of halogens is 1. The maximum Gasteiger partial charge on any atom is 0.491 e. The SMILES string of the molecule is CC(=O)SCC(=Cc1ccc(CCC(=O)O)c(F)c1)B1OC(C)(C)C(C)(C)O1. The molecule has 0 amide bonds. The van der Waals surface area contributed by atoms with Gasteiger partial charge in [-0.2, -0.15) is 0 Å². The highest BCUT2D eigenvalue weighted by Gasteiger charge is 2.52. The average molecular weight is 408 g/mol. The maximum absolute atomic E-state index is 14.3. The molecule has 8 heteroatoms. The standard InChI is InChI=1S/C20H26BFO5S/c1-13(23)28-12-16(21-26-19(2,3)20(4,5)27-21)10-14-6-7-15(17(22)11-14)8-9-18(24)25/h6-7,10-11H,8-9,12H2,1-5H3,(H,24,25). The molecule has 0 aliphatic carbocycles. The molecule has 0 radical (unpaired) electrons. The Morgan fingerprint density at radius 2 is 1.82 bits per heavy atom. The number of hydrogen-bond donors (Lipinski definition) is 1. The van der Waals surface area contributed by atoms with E-state index in [1.54, 1.807) is 18.2 Å². The molecule has 0 spiro atoms. The van der Waals surface area contributed by atoms with Gasteiger partial charge in [0.05, 0.1) is 11.2 Å². The lowest BCUT2D eigenvalue weighted by atomic mass is 9.78. The first kappa shape index (κ1) is 22.7. The van der Waals surface area contributed by atoms with Crippen molar-refractivity contribution in [1.82, 2.24) is 0 Å². The van der Waals surface area contributed by atoms with E-state index >= 15 is 0 Å². The molecule has 2 rings (SSSR count). The lowest BCUT2D eigenvalue weighted by Gasteiger charge is -2.32. The lowest BCUT2D eigenvalue weighted by Crippen LogP contribution is -2.41. The van der Waals surface area contributed by atoms with E-state index < -0.39 is 30.1 Å². The van der Waals surface area contributed by atoms with Gasteiger partial charge >= 0.3 is 13.1 Å². The first-order valence-corrected chi connectivity index (χ1v) is 10.1. The van der Waals surface area contributed by atoms with Gasteiger partial charge in [0.1, 0.15) is 5.82 Å². The number of rotatable bonds is 7. The Morgan fingerprint density at radius 3 is 2.32 bits per heavy atom. The Hall–Kier alpha value is -1.64. The molecule has 28 heavy (non-hydrogen) atoms. The minimum absolute atomic E-state index is 0.0300. The second-order valence-corrected chi connectivity index (χ2v) is 8.98. The van der Waals surface area contributed by atoms with Crippen LogP contribution in [0, 0.1) is 5.82 Å². The molecule has 1 heterocycles. The quantitative estimate of drug-likeness (QED) is 0.684. The van der Waals surface area contributed by atoms with Gasteiger partial charge in [0.25, 0.3) is 0 Å². The molecule has 0 atom stereocenters. The molecule has 0 saturated carbocycles. The zero-order valence-electron chi connectivity index (χ0n) is 16.9. The molecule has 0 unspecified atom stereocenters. The molecule has 0 aromatic heterocycles. The van der Waals surface area contributed by atoms with Crippen molar-refractivity contribution in [2.75, 3.05) is 5.75 Å². The van der Waals surface area contributed by atoms with Crippen LogP contribution in [0.15, 0.2) is 23.7 Å². The van der Waals surface area contributed by atoms with Gasteiger partial charge in [-0.3, -0.25) is 9.59 Å². The van der Waals surface area contributed by atoms with Crippen LogP contribution in [0.5, 0.6) is 0 Å². The van der Waals surface area contributed by atoms with Gasteiger partial charge in [-0.05, 0) is 56.8 Å². The Morgan fingerprint density at radius 1 is 1.21 bits per heavy atom. The van der Waals surface area contributed by atoms with E-state index in [4.69, 9.17) is 14.4 Å². The summed E-state index contributed by atoms with van der Waals surface area (Å²) in [6.07, 6.45) is 1.78. The average Bonchev–Trinajstić information content (AvgIpc) is 2.78. The van der Waals surface area contributed by atoms with Crippen LogP contribution in [-0.4, -0.2) is 40.3 Å². The van der Waals surface area contributed by atoms with Gasteiger partial charge in [0, 0.05) is 19.1 Å². The Labute approximate surface area is 169 Å². The van der Waals surface area contributed by atoms with Gasteiger partial charge in [0.15, 0.2) is 5.12 Å². The minimum Gasteiger partial charge on any atom is -0.481 e. The summed E-state index contributed by atoms with van der Waals surface area (Å²) >= 11 is 1.14. The van der Waals surface area contributed by atoms with Gasteiger partial charge < -0.3 is 14.4 Å². The molecular formula is C20H26BFO5S. The van der Waals surface area contributed by atoms with E-state index in [1.807, 2.05) is 27.7 Å². The van der Waals surface area contributed by atoms with Crippen LogP contribution < -0.4 is 0 Å². The van der Waals surface area contributed by atoms with Crippen LogP contribution in [-0.2, 0) is 25.3 Å². The third-order valence-electron chi connectivity index (χ3n) is 5.04. The van der Waals surface area contributed by atoms with E-state index in [0.717, 1.165) is 17.2 Å². The van der Waals surface area contributed by atoms with E-state index in [1.165, 1.54) is 13.0 Å². The van der Waals surface area contributed by atoms with Gasteiger partial charge in [-0.25, -0.2) is 4.39 Å². The van der Waals surface area contributed by atoms with E-state index in [9.17, 15) is 14.0 Å². The number of carbonyl (C=O) groups excluding carboxylic acids is 1. The molecule has 1 fully saturated rings. The van der Waals surface area contributed by atoms with Gasteiger partial charge in [-0.1, -0.05) is 30.0 Å². The normalized spacial score (nSPS) is 18.4. The number of benzene rings is 1. The van der Waals surface area contributed by atoms with Crippen molar-refractivity contribution < 1.29 is 28.4 Å². The first-order chi connectivity index (χ1) is 12.9. The number of thioether (sulfide) groups is 1. The van der Waals surface area contributed by atoms with Crippen molar-refractivity contribution in [3.05, 3.63) is 40.6 Å². The number of aliphatic carboxylic acids is 1. The summed E-state index contributed by atoms with van der Waals surface area (Å²) < 4.78 is 26.5. The first-order valence-electron chi connectivity index (χ1n) is 9.11. The molecule has 1 saturated heterocycles. The van der Waals surface area contributed by atoms with Crippen LogP contribution in [0.1, 0.15) is 52.2 Å². The molecular weight excluding hydrogens is 382 g/mol. The van der Waals surface area contributed by atoms with Gasteiger partial charge in [-0.15, -0.1) is 0 Å². The van der Waals surface area contributed by atoms with Crippen molar-refractivity contribution in [3.63, 3.8) is 0 Å². The van der Waals surface area contributed by atoms with Crippen LogP contribution in [0.2, 0.25) is 0 Å². The van der Waals surface area contributed by atoms with Crippen LogP contribution in [0.4, 0.5) is 4.39 Å². The lowest BCUT2D eigenvalue weighted by molar-refractivity contribution is -0.137. The predicted molar refractivity (Wildman–Crippen MR) is 110 cm³/mol. The minimum atomic E-state index is -0.965. The molecule has 152 valence electrons. The van der Waals surface area contributed by atoms with Gasteiger partial charge in [0.2, 0.25) is 0 Å². The summed E-state index contributed by atoms with van der Waals surface area (Å²) in [5, 5.41) is 8.73. The fourth-order valence-corrected chi connectivity index (χ4v) is 3.26. The molecule has 1 aliphatic heterocycles. The highest BCUT2D eigenvalue weighted by atomic mass is 32.2. The maximum atomic E-state index is 14.3. The van der Waals surface area contributed by atoms with Crippen molar-refractivity contribution in [2.24, 2.45) is 0 Å². The smallest absolute Gasteiger partial charge is 0.481 e. The Balaban J connectivity index is 2.28. The van der Waals surface area contributed by atoms with E-state index in [2.05, 4.69) is 0 Å². The summed E-state index contributed by atoms with van der Waals surface area (Å²) in [6, 6.07) is 4.68. The highest BCUT2D eigenvalue weighted by molar-refractivity contribution is 8.13. The second-order valence-electron chi connectivity index (χ2n) is 7.83. The molecule has 1 aromatic carbocycles. The summed E-state index contributed by atoms with van der Waals surface area (Å²) in [5.41, 5.74) is 0.643. The zero-order valence-corrected chi connectivity index (χ0v) is 17.7. The van der Waals surface area contributed by atoms with E-state index in [0.29, 0.717) is 16.9 Å². The van der Waals surface area contributed by atoms with E-state index in [-0.39, 0.29) is 18.0 Å². The number of carboxylic acid groups (broad SMARTS) is 1. The molecule has 0 bridgehead atoms. The summed E-state index contributed by atoms with van der Waals surface area (Å²) in [6.45, 7) is 9.27. The molecule has 5 nitrogen and oxygen atoms in total. The Bertz CT molecular complexity index is 775. The number of carboxylic acids is 1. The zero-order chi connectivity index (χ0) is 21.1. The number of hydrogen-bond acceptors (Lipinski definition) is 5. The highest BCUT2D eigenvalue weighted by Crippen LogP contribution is 2.39. The van der Waals surface area contributed by atoms with Crippen molar-refractivity contribution in [1.29, 1.82) is 0 Å². The monoisotopic (exact) mass is 408 g/mol. The number of carbonyl (C=O) groups is 2. The summed E-state index contributed by atoms with van der Waals surface area (Å²) in [4.78, 5) is 22.1. The molecule has 1 aliphatic rings. The number of aryl methyl sites for hydroxylation is 1.